The van der Waals surface area contributed by atoms with E-state index in [0.29, 0.717) is 0 Å². The second-order valence-electron chi connectivity index (χ2n) is 3.48. The summed E-state index contributed by atoms with van der Waals surface area (Å²) in [6.45, 7) is 0. The molecule has 2 N–H and O–H groups in total. The molecule has 0 amide bonds. The van der Waals surface area contributed by atoms with Gasteiger partial charge in [-0.25, -0.2) is 0 Å². The summed E-state index contributed by atoms with van der Waals surface area (Å²) in [6, 6.07) is 9.69. The highest BCUT2D eigenvalue weighted by Crippen LogP contribution is 2.34. The number of para-hydroxylation sites is 2. The first-order chi connectivity index (χ1) is 8.58. The Morgan fingerprint density at radius 3 is 2.44 bits per heavy atom. The Morgan fingerprint density at radius 1 is 1.06 bits per heavy atom. The maximum atomic E-state index is 10.8. The number of aromatic hydroxyl groups is 2. The first-order valence-electron chi connectivity index (χ1n) is 5.01. The Hall–Kier alpha value is -2.76. The number of nitro benzene ring substituents is 1. The Labute approximate surface area is 102 Å². The van der Waals surface area contributed by atoms with E-state index in [9.17, 15) is 15.2 Å². The molecule has 0 unspecified atom stereocenters. The van der Waals surface area contributed by atoms with Crippen LogP contribution in [0.2, 0.25) is 0 Å². The Bertz CT molecular complexity index is 597. The fraction of sp³-hybridized carbons (Fsp3) is 0. The number of benzene rings is 2. The van der Waals surface area contributed by atoms with Crippen molar-refractivity contribution in [3.05, 3.63) is 52.6 Å². The van der Waals surface area contributed by atoms with E-state index in [4.69, 9.17) is 9.84 Å². The van der Waals surface area contributed by atoms with E-state index in [2.05, 4.69) is 0 Å². The maximum absolute atomic E-state index is 10.8. The van der Waals surface area contributed by atoms with Crippen LogP contribution in [0.1, 0.15) is 0 Å². The highest BCUT2D eigenvalue weighted by atomic mass is 16.6. The van der Waals surface area contributed by atoms with E-state index in [0.717, 1.165) is 0 Å². The molecule has 6 nitrogen and oxygen atoms in total. The quantitative estimate of drug-likeness (QED) is 0.494. The predicted octanol–water partition coefficient (Wildman–Crippen LogP) is 2.80. The third kappa shape index (κ3) is 2.32. The summed E-state index contributed by atoms with van der Waals surface area (Å²) in [4.78, 5) is 10.2. The van der Waals surface area contributed by atoms with Crippen LogP contribution in [0.25, 0.3) is 0 Å². The van der Waals surface area contributed by atoms with Crippen molar-refractivity contribution in [1.82, 2.24) is 0 Å². The predicted molar refractivity (Wildman–Crippen MR) is 62.9 cm³/mol. The van der Waals surface area contributed by atoms with Crippen LogP contribution in [0.15, 0.2) is 42.5 Å². The molecule has 2 aromatic rings. The van der Waals surface area contributed by atoms with E-state index >= 15 is 0 Å². The summed E-state index contributed by atoms with van der Waals surface area (Å²) in [5.74, 6) is -0.386. The number of nitrogens with zero attached hydrogens (tertiary/aromatic N) is 1. The number of ether oxygens (including phenoxy) is 1. The molecule has 0 aromatic heterocycles. The van der Waals surface area contributed by atoms with E-state index in [1.165, 1.54) is 36.4 Å². The minimum atomic E-state index is -0.560. The highest BCUT2D eigenvalue weighted by molar-refractivity contribution is 5.50. The minimum absolute atomic E-state index is 0.0626. The van der Waals surface area contributed by atoms with Crippen LogP contribution in [0.4, 0.5) is 5.69 Å². The Kier molecular flexibility index (Phi) is 3.01. The first kappa shape index (κ1) is 11.7. The van der Waals surface area contributed by atoms with Gasteiger partial charge in [-0.15, -0.1) is 0 Å². The number of phenols is 2. The van der Waals surface area contributed by atoms with Gasteiger partial charge in [-0.1, -0.05) is 12.1 Å². The molecule has 0 fully saturated rings. The molecular formula is C12H9NO5. The lowest BCUT2D eigenvalue weighted by atomic mass is 10.3. The number of hydrogen-bond acceptors (Lipinski definition) is 5. The van der Waals surface area contributed by atoms with Crippen molar-refractivity contribution >= 4 is 5.69 Å². The number of nitro groups is 1. The summed E-state index contributed by atoms with van der Waals surface area (Å²) >= 11 is 0. The molecular weight excluding hydrogens is 238 g/mol. The summed E-state index contributed by atoms with van der Waals surface area (Å²) in [5, 5.41) is 29.2. The summed E-state index contributed by atoms with van der Waals surface area (Å²) in [6.07, 6.45) is 0. The van der Waals surface area contributed by atoms with Gasteiger partial charge in [-0.2, -0.15) is 0 Å². The molecule has 0 saturated heterocycles. The third-order valence-corrected chi connectivity index (χ3v) is 2.24. The zero-order valence-corrected chi connectivity index (χ0v) is 9.11. The Balaban J connectivity index is 2.34. The third-order valence-electron chi connectivity index (χ3n) is 2.24. The molecule has 18 heavy (non-hydrogen) atoms. The minimum Gasteiger partial charge on any atom is -0.504 e. The highest BCUT2D eigenvalue weighted by Gasteiger charge is 2.14. The molecule has 92 valence electrons. The summed E-state index contributed by atoms with van der Waals surface area (Å²) in [7, 11) is 0. The normalized spacial score (nSPS) is 10.0. The summed E-state index contributed by atoms with van der Waals surface area (Å²) in [5.41, 5.74) is -0.176. The van der Waals surface area contributed by atoms with Crippen molar-refractivity contribution in [3.8, 4) is 23.0 Å². The van der Waals surface area contributed by atoms with Crippen molar-refractivity contribution in [1.29, 1.82) is 0 Å². The van der Waals surface area contributed by atoms with Crippen LogP contribution in [0.5, 0.6) is 23.0 Å². The monoisotopic (exact) mass is 247 g/mol. The number of phenolic OH excluding ortho intramolecular Hbond substituents is 2. The molecule has 2 aromatic carbocycles. The van der Waals surface area contributed by atoms with Gasteiger partial charge >= 0.3 is 5.69 Å². The van der Waals surface area contributed by atoms with Gasteiger partial charge in [0.2, 0.25) is 5.75 Å². The average molecular weight is 247 g/mol. The lowest BCUT2D eigenvalue weighted by Gasteiger charge is -2.06. The van der Waals surface area contributed by atoms with Gasteiger partial charge < -0.3 is 14.9 Å². The molecule has 0 spiro atoms. The van der Waals surface area contributed by atoms with E-state index in [1.807, 2.05) is 0 Å². The van der Waals surface area contributed by atoms with Crippen LogP contribution < -0.4 is 4.74 Å². The van der Waals surface area contributed by atoms with Crippen molar-refractivity contribution in [2.75, 3.05) is 0 Å². The smallest absolute Gasteiger partial charge is 0.311 e. The van der Waals surface area contributed by atoms with Gasteiger partial charge in [-0.05, 0) is 18.2 Å². The van der Waals surface area contributed by atoms with E-state index < -0.39 is 4.92 Å². The van der Waals surface area contributed by atoms with Crippen LogP contribution >= 0.6 is 0 Å². The molecule has 0 radical (unpaired) electrons. The standard InChI is InChI=1S/C12H9NO5/c14-10-6-5-8(7-11(10)15)18-12-4-2-1-3-9(12)13(16)17/h1-7,14-15H. The SMILES string of the molecule is O=[N+]([O-])c1ccccc1Oc1ccc(O)c(O)c1. The van der Waals surface area contributed by atoms with Gasteiger partial charge in [0.1, 0.15) is 5.75 Å². The lowest BCUT2D eigenvalue weighted by Crippen LogP contribution is -1.92. The molecule has 0 aliphatic carbocycles. The van der Waals surface area contributed by atoms with Crippen LogP contribution in [-0.4, -0.2) is 15.1 Å². The topological polar surface area (TPSA) is 92.8 Å². The van der Waals surface area contributed by atoms with Crippen LogP contribution in [-0.2, 0) is 0 Å². The zero-order valence-electron chi connectivity index (χ0n) is 9.11. The fourth-order valence-electron chi connectivity index (χ4n) is 1.39. The van der Waals surface area contributed by atoms with Gasteiger partial charge in [0.25, 0.3) is 0 Å². The molecule has 0 heterocycles. The molecule has 0 saturated carbocycles. The summed E-state index contributed by atoms with van der Waals surface area (Å²) < 4.78 is 5.29. The number of rotatable bonds is 3. The lowest BCUT2D eigenvalue weighted by molar-refractivity contribution is -0.385. The van der Waals surface area contributed by atoms with Crippen molar-refractivity contribution in [3.63, 3.8) is 0 Å². The van der Waals surface area contributed by atoms with Gasteiger partial charge in [0.15, 0.2) is 11.5 Å². The molecule has 0 atom stereocenters. The largest absolute Gasteiger partial charge is 0.504 e. The van der Waals surface area contributed by atoms with Gasteiger partial charge in [-0.3, -0.25) is 10.1 Å². The van der Waals surface area contributed by atoms with Gasteiger partial charge in [0, 0.05) is 12.1 Å². The molecule has 2 rings (SSSR count). The first-order valence-corrected chi connectivity index (χ1v) is 5.01. The second-order valence-corrected chi connectivity index (χ2v) is 3.48. The molecule has 0 bridgehead atoms. The fourth-order valence-corrected chi connectivity index (χ4v) is 1.39. The van der Waals surface area contributed by atoms with Crippen LogP contribution in [0, 0.1) is 10.1 Å². The maximum Gasteiger partial charge on any atom is 0.311 e. The van der Waals surface area contributed by atoms with Crippen molar-refractivity contribution < 1.29 is 19.9 Å². The molecule has 0 aliphatic heterocycles. The van der Waals surface area contributed by atoms with E-state index in [-0.39, 0.29) is 28.7 Å². The molecule has 6 heteroatoms. The zero-order chi connectivity index (χ0) is 13.1. The average Bonchev–Trinajstić information content (AvgIpc) is 2.34. The van der Waals surface area contributed by atoms with Crippen molar-refractivity contribution in [2.24, 2.45) is 0 Å². The second kappa shape index (κ2) is 4.62. The number of hydrogen-bond donors (Lipinski definition) is 2. The van der Waals surface area contributed by atoms with Crippen LogP contribution in [0.3, 0.4) is 0 Å². The van der Waals surface area contributed by atoms with E-state index in [1.54, 1.807) is 6.07 Å². The van der Waals surface area contributed by atoms with Gasteiger partial charge in [0.05, 0.1) is 4.92 Å². The molecule has 0 aliphatic rings. The van der Waals surface area contributed by atoms with Crippen molar-refractivity contribution in [2.45, 2.75) is 0 Å². The Morgan fingerprint density at radius 2 is 1.78 bits per heavy atom.